The number of aryl methyl sites for hydroxylation is 1. The zero-order valence-electron chi connectivity index (χ0n) is 19.2. The molecule has 0 aliphatic carbocycles. The number of methoxy groups -OCH3 is 1. The highest BCUT2D eigenvalue weighted by molar-refractivity contribution is 7.71. The first-order valence-electron chi connectivity index (χ1n) is 11.3. The number of nitrogens with one attached hydrogen (secondary N) is 1. The molecule has 0 radical (unpaired) electrons. The molecule has 8 heteroatoms. The highest BCUT2D eigenvalue weighted by Gasteiger charge is 2.34. The average molecular weight is 480 g/mol. The first-order valence-corrected chi connectivity index (χ1v) is 11.8. The van der Waals surface area contributed by atoms with Gasteiger partial charge in [-0.1, -0.05) is 42.5 Å². The van der Waals surface area contributed by atoms with Crippen LogP contribution in [0.4, 0.5) is 0 Å². The second-order valence-electron chi connectivity index (χ2n) is 8.47. The van der Waals surface area contributed by atoms with E-state index in [1.807, 2.05) is 42.5 Å². The summed E-state index contributed by atoms with van der Waals surface area (Å²) in [6.07, 6.45) is 3.77. The Morgan fingerprint density at radius 1 is 1.18 bits per heavy atom. The summed E-state index contributed by atoms with van der Waals surface area (Å²) in [5.41, 5.74) is 1.73. The maximum absolute atomic E-state index is 12.6. The third-order valence-electron chi connectivity index (χ3n) is 6.44. The van der Waals surface area contributed by atoms with Gasteiger partial charge in [-0.2, -0.15) is 0 Å². The minimum absolute atomic E-state index is 0.110. The number of H-pyrrole nitrogens is 1. The van der Waals surface area contributed by atoms with Gasteiger partial charge in [0, 0.05) is 37.9 Å². The molecule has 2 N–H and O–H groups in total. The van der Waals surface area contributed by atoms with Gasteiger partial charge in [-0.3, -0.25) is 19.3 Å². The summed E-state index contributed by atoms with van der Waals surface area (Å²) in [5, 5.41) is 10.9. The van der Waals surface area contributed by atoms with Crippen LogP contribution in [0.15, 0.2) is 64.4 Å². The van der Waals surface area contributed by atoms with Crippen LogP contribution < -0.4 is 10.3 Å². The van der Waals surface area contributed by atoms with Crippen molar-refractivity contribution in [1.82, 2.24) is 9.55 Å². The van der Waals surface area contributed by atoms with Crippen molar-refractivity contribution in [1.29, 1.82) is 0 Å². The molecule has 1 aromatic heterocycles. The van der Waals surface area contributed by atoms with E-state index in [1.165, 1.54) is 6.21 Å². The molecule has 34 heavy (non-hydrogen) atoms. The molecular formula is C26H29N3O4S. The number of nitrogens with zero attached hydrogens (tertiary/aromatic N) is 2. The number of ether oxygens (including phenoxy) is 2. The average Bonchev–Trinajstić information content (AvgIpc) is 2.87. The predicted octanol–water partition coefficient (Wildman–Crippen LogP) is 4.03. The largest absolute Gasteiger partial charge is 0.497 e. The van der Waals surface area contributed by atoms with Crippen LogP contribution in [0.5, 0.6) is 11.6 Å². The van der Waals surface area contributed by atoms with E-state index in [9.17, 15) is 9.90 Å². The Hall–Kier alpha value is -3.23. The Morgan fingerprint density at radius 2 is 1.88 bits per heavy atom. The van der Waals surface area contributed by atoms with Crippen LogP contribution >= 0.6 is 12.2 Å². The second kappa shape index (κ2) is 10.8. The highest BCUT2D eigenvalue weighted by Crippen LogP contribution is 2.36. The molecular weight excluding hydrogens is 450 g/mol. The van der Waals surface area contributed by atoms with E-state index >= 15 is 0 Å². The van der Waals surface area contributed by atoms with Crippen molar-refractivity contribution >= 4 is 18.4 Å². The lowest BCUT2D eigenvalue weighted by Gasteiger charge is -2.36. The highest BCUT2D eigenvalue weighted by atomic mass is 32.1. The number of benzene rings is 2. The summed E-state index contributed by atoms with van der Waals surface area (Å²) in [7, 11) is 1.65. The van der Waals surface area contributed by atoms with Crippen molar-refractivity contribution in [2.24, 2.45) is 4.99 Å². The quantitative estimate of drug-likeness (QED) is 0.376. The summed E-state index contributed by atoms with van der Waals surface area (Å²) in [4.78, 5) is 19.9. The first kappa shape index (κ1) is 23.9. The molecule has 0 saturated carbocycles. The fourth-order valence-electron chi connectivity index (χ4n) is 4.34. The van der Waals surface area contributed by atoms with E-state index in [-0.39, 0.29) is 21.6 Å². The third kappa shape index (κ3) is 5.29. The van der Waals surface area contributed by atoms with E-state index in [4.69, 9.17) is 21.7 Å². The maximum atomic E-state index is 12.6. The van der Waals surface area contributed by atoms with Gasteiger partial charge >= 0.3 is 0 Å². The van der Waals surface area contributed by atoms with Gasteiger partial charge in [0.15, 0.2) is 4.77 Å². The summed E-state index contributed by atoms with van der Waals surface area (Å²) < 4.78 is 12.6. The van der Waals surface area contributed by atoms with Crippen molar-refractivity contribution in [3.63, 3.8) is 0 Å². The predicted molar refractivity (Wildman–Crippen MR) is 135 cm³/mol. The van der Waals surface area contributed by atoms with E-state index in [0.717, 1.165) is 29.7 Å². The summed E-state index contributed by atoms with van der Waals surface area (Å²) in [6.45, 7) is 2.22. The van der Waals surface area contributed by atoms with Gasteiger partial charge in [0.25, 0.3) is 5.56 Å². The van der Waals surface area contributed by atoms with Crippen molar-refractivity contribution in [2.45, 2.75) is 31.2 Å². The molecule has 1 saturated heterocycles. The van der Waals surface area contributed by atoms with Gasteiger partial charge in [-0.05, 0) is 54.7 Å². The first-order chi connectivity index (χ1) is 16.5. The van der Waals surface area contributed by atoms with Gasteiger partial charge in [0.05, 0.1) is 7.11 Å². The van der Waals surface area contributed by atoms with Gasteiger partial charge in [0.1, 0.15) is 11.3 Å². The van der Waals surface area contributed by atoms with Crippen LogP contribution in [0.2, 0.25) is 0 Å². The molecule has 1 fully saturated rings. The normalized spacial score (nSPS) is 15.4. The Labute approximate surface area is 203 Å². The molecule has 2 heterocycles. The number of aliphatic imine (C=N–C) groups is 1. The molecule has 0 bridgehead atoms. The smallest absolute Gasteiger partial charge is 0.264 e. The van der Waals surface area contributed by atoms with Crippen LogP contribution in [-0.2, 0) is 23.1 Å². The SMILES string of the molecule is COc1ccc(C2(CN=Cc3c(O)n(CCc4ccccc4)c(=S)[nH]c3=O)CCOCC2)cc1. The molecule has 0 spiro atoms. The number of rotatable bonds is 8. The fourth-order valence-corrected chi connectivity index (χ4v) is 4.61. The van der Waals surface area contributed by atoms with Gasteiger partial charge in [-0.25, -0.2) is 0 Å². The Bertz CT molecular complexity index is 1240. The van der Waals surface area contributed by atoms with E-state index < -0.39 is 5.56 Å². The molecule has 4 rings (SSSR count). The van der Waals surface area contributed by atoms with Gasteiger partial charge < -0.3 is 14.6 Å². The number of aromatic amines is 1. The van der Waals surface area contributed by atoms with Crippen LogP contribution in [0, 0.1) is 4.77 Å². The molecule has 1 aliphatic heterocycles. The summed E-state index contributed by atoms with van der Waals surface area (Å²) >= 11 is 5.30. The van der Waals surface area contributed by atoms with Crippen LogP contribution in [-0.4, -0.2) is 47.7 Å². The summed E-state index contributed by atoms with van der Waals surface area (Å²) in [6, 6.07) is 17.9. The molecule has 1 aliphatic rings. The lowest BCUT2D eigenvalue weighted by Crippen LogP contribution is -2.36. The standard InChI is InChI=1S/C26H29N3O4S/c1-32-21-9-7-20(8-10-21)26(12-15-33-16-13-26)18-27-17-22-23(30)28-25(34)29(24(22)31)14-11-19-5-3-2-4-6-19/h2-10,17,31H,11-16,18H2,1H3,(H,28,30,34). The Balaban J connectivity index is 1.57. The third-order valence-corrected chi connectivity index (χ3v) is 6.76. The van der Waals surface area contributed by atoms with E-state index in [1.54, 1.807) is 11.7 Å². The fraction of sp³-hybridized carbons (Fsp3) is 0.346. The Kier molecular flexibility index (Phi) is 7.59. The molecule has 0 amide bonds. The number of hydrogen-bond donors (Lipinski definition) is 2. The minimum atomic E-state index is -0.451. The van der Waals surface area contributed by atoms with Crippen molar-refractivity contribution in [3.8, 4) is 11.6 Å². The van der Waals surface area contributed by atoms with Crippen molar-refractivity contribution in [2.75, 3.05) is 26.9 Å². The Morgan fingerprint density at radius 3 is 2.56 bits per heavy atom. The minimum Gasteiger partial charge on any atom is -0.497 e. The molecule has 0 atom stereocenters. The van der Waals surface area contributed by atoms with Crippen LogP contribution in [0.1, 0.15) is 29.5 Å². The monoisotopic (exact) mass is 479 g/mol. The van der Waals surface area contributed by atoms with Crippen molar-refractivity contribution in [3.05, 3.63) is 86.4 Å². The molecule has 3 aromatic rings. The number of aromatic hydroxyl groups is 1. The van der Waals surface area contributed by atoms with E-state index in [0.29, 0.717) is 32.7 Å². The number of aromatic nitrogens is 2. The topological polar surface area (TPSA) is 88.8 Å². The molecule has 7 nitrogen and oxygen atoms in total. The zero-order valence-corrected chi connectivity index (χ0v) is 20.0. The number of hydrogen-bond acceptors (Lipinski definition) is 6. The molecule has 2 aromatic carbocycles. The summed E-state index contributed by atoms with van der Waals surface area (Å²) in [5.74, 6) is 0.633. The van der Waals surface area contributed by atoms with Crippen LogP contribution in [0.3, 0.4) is 0 Å². The lowest BCUT2D eigenvalue weighted by atomic mass is 9.74. The lowest BCUT2D eigenvalue weighted by molar-refractivity contribution is 0.0532. The second-order valence-corrected chi connectivity index (χ2v) is 8.86. The van der Waals surface area contributed by atoms with Crippen molar-refractivity contribution < 1.29 is 14.6 Å². The van der Waals surface area contributed by atoms with E-state index in [2.05, 4.69) is 22.1 Å². The van der Waals surface area contributed by atoms with Crippen LogP contribution in [0.25, 0.3) is 0 Å². The maximum Gasteiger partial charge on any atom is 0.264 e. The van der Waals surface area contributed by atoms with Gasteiger partial charge in [-0.15, -0.1) is 0 Å². The molecule has 178 valence electrons. The van der Waals surface area contributed by atoms with Gasteiger partial charge in [0.2, 0.25) is 5.88 Å². The zero-order chi connectivity index (χ0) is 24.0. The molecule has 0 unspecified atom stereocenters.